The molecule has 3 amide bonds. The average molecular weight is 443 g/mol. The van der Waals surface area contributed by atoms with Crippen molar-refractivity contribution in [1.29, 1.82) is 0 Å². The average Bonchev–Trinajstić information content (AvgIpc) is 3.41. The fourth-order valence-electron chi connectivity index (χ4n) is 4.80. The van der Waals surface area contributed by atoms with Gasteiger partial charge in [-0.1, -0.05) is 6.92 Å². The predicted molar refractivity (Wildman–Crippen MR) is 115 cm³/mol. The normalized spacial score (nSPS) is 23.9. The number of hydrogen-bond donors (Lipinski definition) is 0. The third kappa shape index (κ3) is 4.28. The number of ether oxygens (including phenoxy) is 2. The van der Waals surface area contributed by atoms with Gasteiger partial charge in [0.05, 0.1) is 29.3 Å². The van der Waals surface area contributed by atoms with Gasteiger partial charge in [0.25, 0.3) is 17.7 Å². The molecule has 0 bridgehead atoms. The summed E-state index contributed by atoms with van der Waals surface area (Å²) in [7, 11) is 0. The Bertz CT molecular complexity index is 923. The Morgan fingerprint density at radius 2 is 1.91 bits per heavy atom. The first-order chi connectivity index (χ1) is 15.4. The zero-order valence-corrected chi connectivity index (χ0v) is 18.7. The summed E-state index contributed by atoms with van der Waals surface area (Å²) in [6.07, 6.45) is 4.55. The Labute approximate surface area is 187 Å². The van der Waals surface area contributed by atoms with Gasteiger partial charge < -0.3 is 14.4 Å². The topological polar surface area (TPSA) is 93.2 Å². The molecular weight excluding hydrogens is 412 g/mol. The highest BCUT2D eigenvalue weighted by molar-refractivity contribution is 6.22. The Morgan fingerprint density at radius 3 is 2.62 bits per heavy atom. The molecule has 0 radical (unpaired) electrons. The van der Waals surface area contributed by atoms with Crippen LogP contribution >= 0.6 is 0 Å². The van der Waals surface area contributed by atoms with Crippen LogP contribution in [0.2, 0.25) is 0 Å². The SMILES string of the molecule is CCC1CCCCN1C(=O)C(C)OC(=O)c1ccc2c(c1)C(=O)N(CC1CCCO1)C2=O. The van der Waals surface area contributed by atoms with Crippen LogP contribution in [-0.4, -0.2) is 71.4 Å². The quantitative estimate of drug-likeness (QED) is 0.497. The number of amides is 3. The molecule has 0 N–H and O–H groups in total. The molecule has 3 aliphatic heterocycles. The molecule has 172 valence electrons. The van der Waals surface area contributed by atoms with E-state index in [0.717, 1.165) is 38.5 Å². The molecule has 3 aliphatic rings. The minimum atomic E-state index is -0.920. The van der Waals surface area contributed by atoms with E-state index in [-0.39, 0.29) is 47.2 Å². The first-order valence-corrected chi connectivity index (χ1v) is 11.5. The number of esters is 1. The van der Waals surface area contributed by atoms with Crippen LogP contribution in [0.1, 0.15) is 83.4 Å². The van der Waals surface area contributed by atoms with Gasteiger partial charge in [0, 0.05) is 19.2 Å². The smallest absolute Gasteiger partial charge is 0.338 e. The van der Waals surface area contributed by atoms with Gasteiger partial charge in [-0.2, -0.15) is 0 Å². The summed E-state index contributed by atoms with van der Waals surface area (Å²) in [6.45, 7) is 5.16. The third-order valence-electron chi connectivity index (χ3n) is 6.63. The molecule has 8 heteroatoms. The van der Waals surface area contributed by atoms with Crippen LogP contribution in [0.3, 0.4) is 0 Å². The van der Waals surface area contributed by atoms with Gasteiger partial charge in [0.2, 0.25) is 0 Å². The van der Waals surface area contributed by atoms with Crippen LogP contribution in [-0.2, 0) is 14.3 Å². The van der Waals surface area contributed by atoms with Crippen molar-refractivity contribution in [2.45, 2.75) is 70.6 Å². The molecule has 2 saturated heterocycles. The van der Waals surface area contributed by atoms with Crippen LogP contribution in [0.4, 0.5) is 0 Å². The lowest BCUT2D eigenvalue weighted by atomic mass is 9.99. The molecule has 3 unspecified atom stereocenters. The van der Waals surface area contributed by atoms with Crippen LogP contribution in [0.15, 0.2) is 18.2 Å². The van der Waals surface area contributed by atoms with Crippen molar-refractivity contribution in [3.8, 4) is 0 Å². The lowest BCUT2D eigenvalue weighted by Gasteiger charge is -2.36. The number of imide groups is 1. The molecule has 1 aromatic carbocycles. The summed E-state index contributed by atoms with van der Waals surface area (Å²) in [4.78, 5) is 54.0. The minimum Gasteiger partial charge on any atom is -0.449 e. The van der Waals surface area contributed by atoms with E-state index in [9.17, 15) is 19.2 Å². The molecule has 0 aliphatic carbocycles. The number of benzene rings is 1. The molecule has 0 saturated carbocycles. The van der Waals surface area contributed by atoms with Gasteiger partial charge in [-0.3, -0.25) is 19.3 Å². The van der Waals surface area contributed by atoms with Crippen molar-refractivity contribution in [2.75, 3.05) is 19.7 Å². The maximum Gasteiger partial charge on any atom is 0.338 e. The number of carbonyl (C=O) groups is 4. The van der Waals surface area contributed by atoms with E-state index >= 15 is 0 Å². The number of rotatable bonds is 6. The zero-order chi connectivity index (χ0) is 22.8. The number of fused-ring (bicyclic) bond motifs is 1. The summed E-state index contributed by atoms with van der Waals surface area (Å²) in [5, 5.41) is 0. The second-order valence-electron chi connectivity index (χ2n) is 8.75. The molecule has 8 nitrogen and oxygen atoms in total. The van der Waals surface area contributed by atoms with E-state index in [1.807, 2.05) is 4.90 Å². The van der Waals surface area contributed by atoms with Crippen molar-refractivity contribution in [3.63, 3.8) is 0 Å². The molecule has 1 aromatic rings. The Hall–Kier alpha value is -2.74. The molecule has 3 heterocycles. The van der Waals surface area contributed by atoms with E-state index < -0.39 is 18.0 Å². The van der Waals surface area contributed by atoms with Crippen molar-refractivity contribution in [2.24, 2.45) is 0 Å². The largest absolute Gasteiger partial charge is 0.449 e. The van der Waals surface area contributed by atoms with E-state index in [0.29, 0.717) is 13.2 Å². The van der Waals surface area contributed by atoms with Gasteiger partial charge in [-0.05, 0) is 63.6 Å². The number of piperidine rings is 1. The van der Waals surface area contributed by atoms with Gasteiger partial charge in [0.1, 0.15) is 0 Å². The first kappa shape index (κ1) is 22.5. The number of likely N-dealkylation sites (tertiary alicyclic amines) is 1. The third-order valence-corrected chi connectivity index (χ3v) is 6.63. The first-order valence-electron chi connectivity index (χ1n) is 11.5. The Kier molecular flexibility index (Phi) is 6.60. The number of carbonyl (C=O) groups excluding carboxylic acids is 4. The second-order valence-corrected chi connectivity index (χ2v) is 8.75. The maximum atomic E-state index is 12.9. The molecular formula is C24H30N2O6. The predicted octanol–water partition coefficient (Wildman–Crippen LogP) is 2.80. The molecule has 2 fully saturated rings. The van der Waals surface area contributed by atoms with E-state index in [1.54, 1.807) is 6.92 Å². The molecule has 0 aromatic heterocycles. The van der Waals surface area contributed by atoms with Gasteiger partial charge in [0.15, 0.2) is 6.10 Å². The van der Waals surface area contributed by atoms with Crippen molar-refractivity contribution < 1.29 is 28.7 Å². The van der Waals surface area contributed by atoms with Gasteiger partial charge >= 0.3 is 5.97 Å². The van der Waals surface area contributed by atoms with Crippen molar-refractivity contribution >= 4 is 23.7 Å². The van der Waals surface area contributed by atoms with Crippen LogP contribution in [0, 0.1) is 0 Å². The van der Waals surface area contributed by atoms with Crippen molar-refractivity contribution in [1.82, 2.24) is 9.80 Å². The lowest BCUT2D eigenvalue weighted by molar-refractivity contribution is -0.143. The molecule has 4 rings (SSSR count). The molecule has 32 heavy (non-hydrogen) atoms. The highest BCUT2D eigenvalue weighted by Gasteiger charge is 2.38. The summed E-state index contributed by atoms with van der Waals surface area (Å²) >= 11 is 0. The lowest BCUT2D eigenvalue weighted by Crippen LogP contribution is -2.48. The Balaban J connectivity index is 1.43. The van der Waals surface area contributed by atoms with E-state index in [1.165, 1.54) is 23.1 Å². The summed E-state index contributed by atoms with van der Waals surface area (Å²) in [5.74, 6) is -1.69. The summed E-state index contributed by atoms with van der Waals surface area (Å²) in [6, 6.07) is 4.51. The standard InChI is InChI=1S/C24H30N2O6/c1-3-17-7-4-5-11-25(17)21(27)15(2)32-24(30)16-9-10-19-20(13-16)23(29)26(22(19)28)14-18-8-6-12-31-18/h9-10,13,15,17-18H,3-8,11-12,14H2,1-2H3. The maximum absolute atomic E-state index is 12.9. The fraction of sp³-hybridized carbons (Fsp3) is 0.583. The fourth-order valence-corrected chi connectivity index (χ4v) is 4.80. The molecule has 0 spiro atoms. The number of hydrogen-bond acceptors (Lipinski definition) is 6. The second kappa shape index (κ2) is 9.40. The zero-order valence-electron chi connectivity index (χ0n) is 18.7. The van der Waals surface area contributed by atoms with Crippen LogP contribution in [0.5, 0.6) is 0 Å². The van der Waals surface area contributed by atoms with Crippen molar-refractivity contribution in [3.05, 3.63) is 34.9 Å². The van der Waals surface area contributed by atoms with E-state index in [2.05, 4.69) is 6.92 Å². The van der Waals surface area contributed by atoms with Gasteiger partial charge in [-0.15, -0.1) is 0 Å². The summed E-state index contributed by atoms with van der Waals surface area (Å²) < 4.78 is 11.0. The number of nitrogens with zero attached hydrogens (tertiary/aromatic N) is 2. The Morgan fingerprint density at radius 1 is 1.12 bits per heavy atom. The summed E-state index contributed by atoms with van der Waals surface area (Å²) in [5.41, 5.74) is 0.602. The van der Waals surface area contributed by atoms with Crippen LogP contribution in [0.25, 0.3) is 0 Å². The van der Waals surface area contributed by atoms with Crippen LogP contribution < -0.4 is 0 Å². The van der Waals surface area contributed by atoms with Gasteiger partial charge in [-0.25, -0.2) is 4.79 Å². The minimum absolute atomic E-state index is 0.143. The molecule has 3 atom stereocenters. The monoisotopic (exact) mass is 442 g/mol. The van der Waals surface area contributed by atoms with E-state index in [4.69, 9.17) is 9.47 Å². The highest BCUT2D eigenvalue weighted by Crippen LogP contribution is 2.27. The highest BCUT2D eigenvalue weighted by atomic mass is 16.5.